The second-order valence-electron chi connectivity index (χ2n) is 24.5. The van der Waals surface area contributed by atoms with Crippen molar-refractivity contribution < 1.29 is 80.2 Å². The molecule has 0 aromatic heterocycles. The highest BCUT2D eigenvalue weighted by atomic mass is 31.2. The van der Waals surface area contributed by atoms with Crippen molar-refractivity contribution in [2.45, 2.75) is 361 Å². The summed E-state index contributed by atoms with van der Waals surface area (Å²) in [7, 11) is -9.88. The van der Waals surface area contributed by atoms with E-state index in [0.717, 1.165) is 102 Å². The molecule has 19 heteroatoms. The molecular weight excluding hydrogens is 1140 g/mol. The number of rotatable bonds is 67. The van der Waals surface area contributed by atoms with E-state index in [0.29, 0.717) is 25.7 Å². The number of ether oxygens (including phenoxy) is 4. The average Bonchev–Trinajstić information content (AvgIpc) is 3.60. The van der Waals surface area contributed by atoms with Gasteiger partial charge in [0.15, 0.2) is 12.2 Å². The fraction of sp³-hybridized carbons (Fsp3) is 0.940. The molecule has 0 radical (unpaired) electrons. The Bertz CT molecular complexity index is 1670. The number of phosphoric ester groups is 2. The predicted molar refractivity (Wildman–Crippen MR) is 345 cm³/mol. The molecule has 0 aliphatic heterocycles. The van der Waals surface area contributed by atoms with E-state index in [1.165, 1.54) is 161 Å². The normalized spacial score (nSPS) is 14.5. The largest absolute Gasteiger partial charge is 0.472 e. The maximum atomic E-state index is 13.0. The third-order valence-corrected chi connectivity index (χ3v) is 17.8. The van der Waals surface area contributed by atoms with Crippen LogP contribution in [-0.4, -0.2) is 96.7 Å². The molecule has 0 fully saturated rings. The first-order valence-electron chi connectivity index (χ1n) is 35.2. The van der Waals surface area contributed by atoms with Crippen LogP contribution in [0.25, 0.3) is 0 Å². The summed E-state index contributed by atoms with van der Waals surface area (Å²) in [6, 6.07) is 0. The summed E-state index contributed by atoms with van der Waals surface area (Å²) in [5.41, 5.74) is 0. The maximum Gasteiger partial charge on any atom is 0.472 e. The molecule has 3 N–H and O–H groups in total. The van der Waals surface area contributed by atoms with Gasteiger partial charge in [0, 0.05) is 25.7 Å². The van der Waals surface area contributed by atoms with Gasteiger partial charge < -0.3 is 33.8 Å². The minimum Gasteiger partial charge on any atom is -0.462 e. The molecule has 0 saturated carbocycles. The molecule has 0 heterocycles. The SMILES string of the molecule is CCCCCCCCCCCCCCC(=O)OC[C@H](COP(=O)(O)OC[C@@H](O)COP(=O)(O)OC[C@@H](COC(=O)CCCCCCC)OC(=O)CCCCCCCCCCCCC)OC(=O)CCCCCCCCCCCCCCCCC(C)CC. The van der Waals surface area contributed by atoms with Gasteiger partial charge in [-0.25, -0.2) is 9.13 Å². The van der Waals surface area contributed by atoms with Crippen LogP contribution in [0.3, 0.4) is 0 Å². The van der Waals surface area contributed by atoms with Crippen LogP contribution in [-0.2, 0) is 65.4 Å². The Hall–Kier alpha value is -1.94. The molecule has 0 bridgehead atoms. The van der Waals surface area contributed by atoms with E-state index in [9.17, 15) is 43.2 Å². The lowest BCUT2D eigenvalue weighted by atomic mass is 9.99. The van der Waals surface area contributed by atoms with Gasteiger partial charge in [0.1, 0.15) is 19.3 Å². The number of aliphatic hydroxyl groups is 1. The summed E-state index contributed by atoms with van der Waals surface area (Å²) in [6.45, 7) is 7.19. The Morgan fingerprint density at radius 1 is 0.326 bits per heavy atom. The van der Waals surface area contributed by atoms with Gasteiger partial charge >= 0.3 is 39.5 Å². The third kappa shape index (κ3) is 59.7. The number of unbranched alkanes of at least 4 members (excludes halogenated alkanes) is 38. The first-order chi connectivity index (χ1) is 41.6. The molecule has 0 saturated heterocycles. The zero-order valence-corrected chi connectivity index (χ0v) is 57.2. The molecule has 0 aliphatic carbocycles. The van der Waals surface area contributed by atoms with E-state index in [1.807, 2.05) is 0 Å². The molecule has 0 aromatic rings. The Balaban J connectivity index is 5.15. The number of carbonyl (C=O) groups is 4. The van der Waals surface area contributed by atoms with Gasteiger partial charge in [-0.2, -0.15) is 0 Å². The van der Waals surface area contributed by atoms with E-state index in [-0.39, 0.29) is 25.7 Å². The Morgan fingerprint density at radius 3 is 0.826 bits per heavy atom. The maximum absolute atomic E-state index is 13.0. The van der Waals surface area contributed by atoms with Crippen LogP contribution in [0.5, 0.6) is 0 Å². The quantitative estimate of drug-likeness (QED) is 0.0222. The molecule has 0 aliphatic rings. The van der Waals surface area contributed by atoms with Crippen LogP contribution in [0.2, 0.25) is 0 Å². The van der Waals surface area contributed by atoms with Gasteiger partial charge in [0.2, 0.25) is 0 Å². The summed E-state index contributed by atoms with van der Waals surface area (Å²) in [4.78, 5) is 72.1. The van der Waals surface area contributed by atoms with E-state index in [2.05, 4.69) is 34.6 Å². The van der Waals surface area contributed by atoms with Crippen molar-refractivity contribution >= 4 is 39.5 Å². The Labute approximate surface area is 524 Å². The molecule has 86 heavy (non-hydrogen) atoms. The summed E-state index contributed by atoms with van der Waals surface area (Å²) >= 11 is 0. The van der Waals surface area contributed by atoms with Crippen molar-refractivity contribution in [2.75, 3.05) is 39.6 Å². The minimum atomic E-state index is -4.95. The number of aliphatic hydroxyl groups excluding tert-OH is 1. The van der Waals surface area contributed by atoms with Crippen LogP contribution in [0.1, 0.15) is 343 Å². The van der Waals surface area contributed by atoms with Gasteiger partial charge in [-0.1, -0.05) is 291 Å². The first kappa shape index (κ1) is 84.1. The molecule has 0 aromatic carbocycles. The smallest absolute Gasteiger partial charge is 0.462 e. The molecular formula is C67H130O17P2. The molecule has 0 amide bonds. The average molecular weight is 1270 g/mol. The van der Waals surface area contributed by atoms with E-state index < -0.39 is 97.5 Å². The second-order valence-corrected chi connectivity index (χ2v) is 27.4. The van der Waals surface area contributed by atoms with Crippen molar-refractivity contribution in [1.29, 1.82) is 0 Å². The van der Waals surface area contributed by atoms with Crippen molar-refractivity contribution in [2.24, 2.45) is 5.92 Å². The first-order valence-corrected chi connectivity index (χ1v) is 38.2. The zero-order chi connectivity index (χ0) is 63.5. The molecule has 3 unspecified atom stereocenters. The lowest BCUT2D eigenvalue weighted by Crippen LogP contribution is -2.30. The number of phosphoric acid groups is 2. The van der Waals surface area contributed by atoms with Gasteiger partial charge in [-0.05, 0) is 31.6 Å². The van der Waals surface area contributed by atoms with Crippen molar-refractivity contribution in [1.82, 2.24) is 0 Å². The third-order valence-electron chi connectivity index (χ3n) is 15.9. The molecule has 17 nitrogen and oxygen atoms in total. The summed E-state index contributed by atoms with van der Waals surface area (Å²) in [5.74, 6) is -1.29. The highest BCUT2D eigenvalue weighted by Crippen LogP contribution is 2.45. The molecule has 6 atom stereocenters. The van der Waals surface area contributed by atoms with E-state index in [4.69, 9.17) is 37.0 Å². The monoisotopic (exact) mass is 1270 g/mol. The van der Waals surface area contributed by atoms with Crippen LogP contribution in [0.4, 0.5) is 0 Å². The number of hydrogen-bond acceptors (Lipinski definition) is 15. The Morgan fingerprint density at radius 2 is 0.558 bits per heavy atom. The summed E-state index contributed by atoms with van der Waals surface area (Å²) in [5, 5.41) is 10.5. The lowest BCUT2D eigenvalue weighted by molar-refractivity contribution is -0.161. The number of hydrogen-bond donors (Lipinski definition) is 3. The minimum absolute atomic E-state index is 0.106. The van der Waals surface area contributed by atoms with Gasteiger partial charge in [-0.15, -0.1) is 0 Å². The molecule has 510 valence electrons. The van der Waals surface area contributed by atoms with Gasteiger partial charge in [0.05, 0.1) is 26.4 Å². The number of carbonyl (C=O) groups excluding carboxylic acids is 4. The van der Waals surface area contributed by atoms with Crippen molar-refractivity contribution in [3.8, 4) is 0 Å². The predicted octanol–water partition coefficient (Wildman–Crippen LogP) is 19.0. The van der Waals surface area contributed by atoms with Crippen molar-refractivity contribution in [3.05, 3.63) is 0 Å². The fourth-order valence-corrected chi connectivity index (χ4v) is 11.7. The molecule has 0 spiro atoms. The topological polar surface area (TPSA) is 237 Å². The van der Waals surface area contributed by atoms with E-state index in [1.54, 1.807) is 0 Å². The molecule has 0 rings (SSSR count). The lowest BCUT2D eigenvalue weighted by Gasteiger charge is -2.21. The standard InChI is InChI=1S/C67H130O17P2/c1-6-10-13-16-18-20-22-29-32-36-41-46-51-65(70)78-57-63(84-67(72)53-48-43-38-34-30-26-24-23-25-28-31-35-40-44-49-60(5)9-4)59-82-86(75,76)80-55-61(68)54-79-85(73,74)81-58-62(56-77-64(69)50-45-39-15-12-8-3)83-66(71)52-47-42-37-33-27-21-19-17-14-11-7-2/h60-63,68H,6-59H2,1-5H3,(H,73,74)(H,75,76)/t60?,61-,62+,63+/m0/s1. The van der Waals surface area contributed by atoms with Crippen LogP contribution in [0.15, 0.2) is 0 Å². The second kappa shape index (κ2) is 60.6. The van der Waals surface area contributed by atoms with Gasteiger partial charge in [-0.3, -0.25) is 37.3 Å². The van der Waals surface area contributed by atoms with E-state index >= 15 is 0 Å². The van der Waals surface area contributed by atoms with Crippen LogP contribution < -0.4 is 0 Å². The van der Waals surface area contributed by atoms with Crippen LogP contribution >= 0.6 is 15.6 Å². The highest BCUT2D eigenvalue weighted by molar-refractivity contribution is 7.47. The fourth-order valence-electron chi connectivity index (χ4n) is 10.1. The number of esters is 4. The highest BCUT2D eigenvalue weighted by Gasteiger charge is 2.30. The summed E-state index contributed by atoms with van der Waals surface area (Å²) < 4.78 is 67.9. The van der Waals surface area contributed by atoms with Crippen LogP contribution in [0, 0.1) is 5.92 Å². The Kier molecular flexibility index (Phi) is 59.2. The van der Waals surface area contributed by atoms with Crippen molar-refractivity contribution in [3.63, 3.8) is 0 Å². The zero-order valence-electron chi connectivity index (χ0n) is 55.4. The summed E-state index contributed by atoms with van der Waals surface area (Å²) in [6.07, 6.45) is 46.0. The van der Waals surface area contributed by atoms with Gasteiger partial charge in [0.25, 0.3) is 0 Å².